The molecule has 0 saturated heterocycles. The molecule has 2 rings (SSSR count). The van der Waals surface area contributed by atoms with Gasteiger partial charge in [0.2, 0.25) is 0 Å². The Morgan fingerprint density at radius 3 is 2.44 bits per heavy atom. The van der Waals surface area contributed by atoms with E-state index in [1.165, 1.54) is 0 Å². The van der Waals surface area contributed by atoms with E-state index in [1.807, 2.05) is 18.2 Å². The molecule has 0 fully saturated rings. The lowest BCUT2D eigenvalue weighted by Gasteiger charge is -2.21. The molecule has 16 heavy (non-hydrogen) atoms. The second-order valence-electron chi connectivity index (χ2n) is 4.66. The number of aromatic nitrogens is 2. The van der Waals surface area contributed by atoms with Gasteiger partial charge in [-0.3, -0.25) is 0 Å². The number of hydrogen-bond acceptors (Lipinski definition) is 3. The Morgan fingerprint density at radius 2 is 1.88 bits per heavy atom. The number of nitrogens with zero attached hydrogens (tertiary/aromatic N) is 2. The summed E-state index contributed by atoms with van der Waals surface area (Å²) in [4.78, 5) is 4.04. The monoisotopic (exact) mass is 236 g/mol. The molecule has 2 aromatic rings. The van der Waals surface area contributed by atoms with E-state index in [0.29, 0.717) is 5.89 Å². The van der Waals surface area contributed by atoms with Gasteiger partial charge in [-0.05, 0) is 33.8 Å². The van der Waals surface area contributed by atoms with E-state index in [-0.39, 0.29) is 10.7 Å². The molecule has 0 saturated carbocycles. The molecule has 1 aromatic heterocycles. The van der Waals surface area contributed by atoms with Crippen LogP contribution in [-0.4, -0.2) is 10.1 Å². The highest BCUT2D eigenvalue weighted by atomic mass is 35.5. The first-order valence-corrected chi connectivity index (χ1v) is 5.45. The van der Waals surface area contributed by atoms with E-state index < -0.39 is 0 Å². The first-order chi connectivity index (χ1) is 7.48. The fourth-order valence-electron chi connectivity index (χ4n) is 1.64. The summed E-state index contributed by atoms with van der Waals surface area (Å²) in [5, 5.41) is 3.73. The SMILES string of the molecule is CC(C)(C)c1ccccc1-c1nc(Cl)no1. The second-order valence-corrected chi connectivity index (χ2v) is 5.00. The van der Waals surface area contributed by atoms with Crippen molar-refractivity contribution in [2.45, 2.75) is 26.2 Å². The third-order valence-corrected chi connectivity index (χ3v) is 2.52. The second kappa shape index (κ2) is 3.91. The number of benzene rings is 1. The average molecular weight is 237 g/mol. The largest absolute Gasteiger partial charge is 0.333 e. The lowest BCUT2D eigenvalue weighted by atomic mass is 9.84. The van der Waals surface area contributed by atoms with Gasteiger partial charge in [0.25, 0.3) is 11.2 Å². The molecule has 0 N–H and O–H groups in total. The van der Waals surface area contributed by atoms with E-state index in [9.17, 15) is 0 Å². The molecule has 0 amide bonds. The summed E-state index contributed by atoms with van der Waals surface area (Å²) in [7, 11) is 0. The topological polar surface area (TPSA) is 38.9 Å². The van der Waals surface area contributed by atoms with Gasteiger partial charge in [0.15, 0.2) is 0 Å². The molecule has 0 unspecified atom stereocenters. The smallest absolute Gasteiger partial charge is 0.264 e. The molecule has 0 atom stereocenters. The molecule has 0 aliphatic heterocycles. The highest BCUT2D eigenvalue weighted by Gasteiger charge is 2.21. The molecule has 0 radical (unpaired) electrons. The fourth-order valence-corrected chi connectivity index (χ4v) is 1.75. The molecular weight excluding hydrogens is 224 g/mol. The van der Waals surface area contributed by atoms with Gasteiger partial charge in [-0.1, -0.05) is 39.0 Å². The van der Waals surface area contributed by atoms with Crippen LogP contribution in [0.15, 0.2) is 28.8 Å². The predicted octanol–water partition coefficient (Wildman–Crippen LogP) is 3.69. The van der Waals surface area contributed by atoms with Gasteiger partial charge in [-0.15, -0.1) is 0 Å². The molecule has 0 aliphatic carbocycles. The van der Waals surface area contributed by atoms with Crippen LogP contribution in [0.2, 0.25) is 5.28 Å². The maximum absolute atomic E-state index is 5.66. The van der Waals surface area contributed by atoms with E-state index in [0.717, 1.165) is 11.1 Å². The van der Waals surface area contributed by atoms with Crippen LogP contribution in [0.4, 0.5) is 0 Å². The van der Waals surface area contributed by atoms with Crippen molar-refractivity contribution in [3.05, 3.63) is 35.1 Å². The summed E-state index contributed by atoms with van der Waals surface area (Å²) in [5.41, 5.74) is 2.13. The van der Waals surface area contributed by atoms with Gasteiger partial charge in [0, 0.05) is 5.56 Å². The molecule has 3 nitrogen and oxygen atoms in total. The first-order valence-electron chi connectivity index (χ1n) is 5.07. The van der Waals surface area contributed by atoms with Crippen molar-refractivity contribution >= 4 is 11.6 Å². The summed E-state index contributed by atoms with van der Waals surface area (Å²) >= 11 is 5.66. The third-order valence-electron chi connectivity index (χ3n) is 2.37. The lowest BCUT2D eigenvalue weighted by Crippen LogP contribution is -2.12. The van der Waals surface area contributed by atoms with E-state index in [4.69, 9.17) is 16.1 Å². The Hall–Kier alpha value is -1.35. The average Bonchev–Trinajstić information content (AvgIpc) is 2.64. The van der Waals surface area contributed by atoms with Gasteiger partial charge >= 0.3 is 0 Å². The summed E-state index contributed by atoms with van der Waals surface area (Å²) in [6.45, 7) is 6.43. The quantitative estimate of drug-likeness (QED) is 0.758. The van der Waals surface area contributed by atoms with E-state index in [2.05, 4.69) is 37.0 Å². The lowest BCUT2D eigenvalue weighted by molar-refractivity contribution is 0.429. The highest BCUT2D eigenvalue weighted by Crippen LogP contribution is 2.32. The van der Waals surface area contributed by atoms with Crippen LogP contribution < -0.4 is 0 Å². The zero-order valence-corrected chi connectivity index (χ0v) is 10.2. The van der Waals surface area contributed by atoms with Crippen molar-refractivity contribution in [2.75, 3.05) is 0 Å². The van der Waals surface area contributed by atoms with Crippen LogP contribution in [0.5, 0.6) is 0 Å². The zero-order chi connectivity index (χ0) is 11.8. The van der Waals surface area contributed by atoms with Crippen LogP contribution in [-0.2, 0) is 5.41 Å². The maximum atomic E-state index is 5.66. The van der Waals surface area contributed by atoms with Crippen molar-refractivity contribution in [1.82, 2.24) is 10.1 Å². The van der Waals surface area contributed by atoms with Crippen molar-refractivity contribution in [3.63, 3.8) is 0 Å². The Labute approximate surface area is 99.4 Å². The minimum absolute atomic E-state index is 0.0253. The van der Waals surface area contributed by atoms with Crippen molar-refractivity contribution in [1.29, 1.82) is 0 Å². The Bertz CT molecular complexity index is 500. The van der Waals surface area contributed by atoms with Crippen molar-refractivity contribution in [2.24, 2.45) is 0 Å². The number of halogens is 1. The van der Waals surface area contributed by atoms with E-state index >= 15 is 0 Å². The molecule has 1 heterocycles. The first kappa shape index (κ1) is 11.1. The number of rotatable bonds is 1. The maximum Gasteiger partial charge on any atom is 0.264 e. The Morgan fingerprint density at radius 1 is 1.19 bits per heavy atom. The molecule has 0 spiro atoms. The van der Waals surface area contributed by atoms with Gasteiger partial charge in [-0.25, -0.2) is 0 Å². The minimum Gasteiger partial charge on any atom is -0.333 e. The molecular formula is C12H13ClN2O. The van der Waals surface area contributed by atoms with Crippen molar-refractivity contribution < 1.29 is 4.52 Å². The van der Waals surface area contributed by atoms with Gasteiger partial charge in [-0.2, -0.15) is 4.98 Å². The zero-order valence-electron chi connectivity index (χ0n) is 9.49. The standard InChI is InChI=1S/C12H13ClN2O/c1-12(2,3)9-7-5-4-6-8(9)10-14-11(13)15-16-10/h4-7H,1-3H3. The Kier molecular flexibility index (Phi) is 2.72. The third kappa shape index (κ3) is 2.09. The molecule has 1 aromatic carbocycles. The van der Waals surface area contributed by atoms with Crippen LogP contribution >= 0.6 is 11.6 Å². The van der Waals surface area contributed by atoms with Gasteiger partial charge in [0.05, 0.1) is 0 Å². The van der Waals surface area contributed by atoms with Crippen LogP contribution in [0.1, 0.15) is 26.3 Å². The molecule has 0 bridgehead atoms. The fraction of sp³-hybridized carbons (Fsp3) is 0.333. The van der Waals surface area contributed by atoms with Crippen LogP contribution in [0.3, 0.4) is 0 Å². The van der Waals surface area contributed by atoms with Crippen LogP contribution in [0, 0.1) is 0 Å². The van der Waals surface area contributed by atoms with Crippen LogP contribution in [0.25, 0.3) is 11.5 Å². The summed E-state index contributed by atoms with van der Waals surface area (Å²) in [6, 6.07) is 7.97. The number of hydrogen-bond donors (Lipinski definition) is 0. The summed E-state index contributed by atoms with van der Waals surface area (Å²) in [6.07, 6.45) is 0. The van der Waals surface area contributed by atoms with Crippen molar-refractivity contribution in [3.8, 4) is 11.5 Å². The van der Waals surface area contributed by atoms with E-state index in [1.54, 1.807) is 0 Å². The van der Waals surface area contributed by atoms with Gasteiger partial charge in [0.1, 0.15) is 0 Å². The molecule has 0 aliphatic rings. The highest BCUT2D eigenvalue weighted by molar-refractivity contribution is 6.28. The summed E-state index contributed by atoms with van der Waals surface area (Å²) < 4.78 is 5.09. The minimum atomic E-state index is 0.0253. The Balaban J connectivity index is 2.57. The molecule has 4 heteroatoms. The molecule has 84 valence electrons. The summed E-state index contributed by atoms with van der Waals surface area (Å²) in [5.74, 6) is 0.468. The van der Waals surface area contributed by atoms with Gasteiger partial charge < -0.3 is 4.52 Å². The normalized spacial score (nSPS) is 11.8. The predicted molar refractivity (Wildman–Crippen MR) is 63.4 cm³/mol.